The van der Waals surface area contributed by atoms with Crippen LogP contribution in [0.4, 0.5) is 10.5 Å². The van der Waals surface area contributed by atoms with Gasteiger partial charge in [-0.1, -0.05) is 23.7 Å². The molecule has 2 rings (SSSR count). The standard InChI is InChI=1S/C14H13ClN2O3S/c1-8(11-6-7-12(15)21-11)16-14(20)17-10-5-3-2-4-9(10)13(18)19/h2-8H,1H3,(H,18,19)(H2,16,17,20). The predicted molar refractivity (Wildman–Crippen MR) is 83.3 cm³/mol. The zero-order valence-electron chi connectivity index (χ0n) is 11.1. The Bertz CT molecular complexity index is 672. The molecule has 110 valence electrons. The molecule has 1 aromatic carbocycles. The number of hydrogen-bond donors (Lipinski definition) is 3. The molecular weight excluding hydrogens is 312 g/mol. The van der Waals surface area contributed by atoms with Crippen molar-refractivity contribution in [2.75, 3.05) is 5.32 Å². The number of carboxylic acids is 1. The van der Waals surface area contributed by atoms with E-state index in [9.17, 15) is 9.59 Å². The van der Waals surface area contributed by atoms with Gasteiger partial charge in [-0.25, -0.2) is 9.59 Å². The normalized spacial score (nSPS) is 11.7. The molecule has 1 atom stereocenters. The van der Waals surface area contributed by atoms with Crippen LogP contribution in [-0.4, -0.2) is 17.1 Å². The van der Waals surface area contributed by atoms with Crippen LogP contribution in [-0.2, 0) is 0 Å². The van der Waals surface area contributed by atoms with Crippen molar-refractivity contribution in [1.29, 1.82) is 0 Å². The van der Waals surface area contributed by atoms with Crippen LogP contribution in [0.1, 0.15) is 28.2 Å². The molecule has 0 bridgehead atoms. The van der Waals surface area contributed by atoms with E-state index in [1.807, 2.05) is 13.0 Å². The van der Waals surface area contributed by atoms with Crippen molar-refractivity contribution >= 4 is 40.6 Å². The third-order valence-electron chi connectivity index (χ3n) is 2.77. The van der Waals surface area contributed by atoms with E-state index in [4.69, 9.17) is 16.7 Å². The Kier molecular flexibility index (Phi) is 4.82. The van der Waals surface area contributed by atoms with Gasteiger partial charge in [0.15, 0.2) is 0 Å². The summed E-state index contributed by atoms with van der Waals surface area (Å²) < 4.78 is 0.648. The maximum absolute atomic E-state index is 11.9. The number of rotatable bonds is 4. The molecule has 1 unspecified atom stereocenters. The number of anilines is 1. The molecule has 1 heterocycles. The van der Waals surface area contributed by atoms with Gasteiger partial charge in [0.1, 0.15) is 0 Å². The summed E-state index contributed by atoms with van der Waals surface area (Å²) in [5.74, 6) is -1.09. The highest BCUT2D eigenvalue weighted by molar-refractivity contribution is 7.16. The summed E-state index contributed by atoms with van der Waals surface area (Å²) in [5, 5.41) is 14.3. The largest absolute Gasteiger partial charge is 0.478 e. The minimum atomic E-state index is -1.09. The summed E-state index contributed by atoms with van der Waals surface area (Å²) in [5.41, 5.74) is 0.290. The van der Waals surface area contributed by atoms with Gasteiger partial charge in [0.25, 0.3) is 0 Å². The van der Waals surface area contributed by atoms with Crippen LogP contribution in [0.2, 0.25) is 4.34 Å². The SMILES string of the molecule is CC(NC(=O)Nc1ccccc1C(=O)O)c1ccc(Cl)s1. The first-order valence-corrected chi connectivity index (χ1v) is 7.32. The Morgan fingerprint density at radius 3 is 2.57 bits per heavy atom. The number of benzene rings is 1. The van der Waals surface area contributed by atoms with Crippen LogP contribution in [0.3, 0.4) is 0 Å². The van der Waals surface area contributed by atoms with Gasteiger partial charge >= 0.3 is 12.0 Å². The summed E-state index contributed by atoms with van der Waals surface area (Å²) in [6.45, 7) is 1.82. The summed E-state index contributed by atoms with van der Waals surface area (Å²) in [6.07, 6.45) is 0. The van der Waals surface area contributed by atoms with Gasteiger partial charge in [-0.15, -0.1) is 11.3 Å². The lowest BCUT2D eigenvalue weighted by atomic mass is 10.2. The Morgan fingerprint density at radius 2 is 1.95 bits per heavy atom. The van der Waals surface area contributed by atoms with Crippen LogP contribution in [0, 0.1) is 0 Å². The van der Waals surface area contributed by atoms with Crippen molar-refractivity contribution in [3.05, 3.63) is 51.2 Å². The lowest BCUT2D eigenvalue weighted by molar-refractivity contribution is 0.0698. The molecule has 0 spiro atoms. The fraction of sp³-hybridized carbons (Fsp3) is 0.143. The molecular formula is C14H13ClN2O3S. The first-order chi connectivity index (χ1) is 9.97. The van der Waals surface area contributed by atoms with Gasteiger partial charge in [-0.2, -0.15) is 0 Å². The molecule has 7 heteroatoms. The zero-order valence-corrected chi connectivity index (χ0v) is 12.7. The molecule has 5 nitrogen and oxygen atoms in total. The number of amides is 2. The van der Waals surface area contributed by atoms with Crippen molar-refractivity contribution in [3.8, 4) is 0 Å². The second kappa shape index (κ2) is 6.60. The Morgan fingerprint density at radius 1 is 1.24 bits per heavy atom. The monoisotopic (exact) mass is 324 g/mol. The smallest absolute Gasteiger partial charge is 0.337 e. The number of carboxylic acid groups (broad SMARTS) is 1. The van der Waals surface area contributed by atoms with E-state index < -0.39 is 12.0 Å². The number of carbonyl (C=O) groups excluding carboxylic acids is 1. The molecule has 2 aromatic rings. The van der Waals surface area contributed by atoms with Crippen LogP contribution < -0.4 is 10.6 Å². The summed E-state index contributed by atoms with van der Waals surface area (Å²) in [4.78, 5) is 23.9. The predicted octanol–water partition coefficient (Wildman–Crippen LogP) is 3.98. The van der Waals surface area contributed by atoms with Crippen molar-refractivity contribution in [3.63, 3.8) is 0 Å². The molecule has 3 N–H and O–H groups in total. The highest BCUT2D eigenvalue weighted by atomic mass is 35.5. The first-order valence-electron chi connectivity index (χ1n) is 6.12. The lowest BCUT2D eigenvalue weighted by Crippen LogP contribution is -2.31. The highest BCUT2D eigenvalue weighted by Crippen LogP contribution is 2.26. The fourth-order valence-electron chi connectivity index (χ4n) is 1.77. The topological polar surface area (TPSA) is 78.4 Å². The highest BCUT2D eigenvalue weighted by Gasteiger charge is 2.14. The minimum Gasteiger partial charge on any atom is -0.478 e. The third-order valence-corrected chi connectivity index (χ3v) is 4.19. The average molecular weight is 325 g/mol. The van der Waals surface area contributed by atoms with Crippen LogP contribution in [0.15, 0.2) is 36.4 Å². The van der Waals surface area contributed by atoms with E-state index in [0.717, 1.165) is 4.88 Å². The number of carbonyl (C=O) groups is 2. The Balaban J connectivity index is 2.04. The lowest BCUT2D eigenvalue weighted by Gasteiger charge is -2.14. The van der Waals surface area contributed by atoms with Crippen molar-refractivity contribution in [2.45, 2.75) is 13.0 Å². The number of aromatic carboxylic acids is 1. The van der Waals surface area contributed by atoms with Gasteiger partial charge in [-0.05, 0) is 31.2 Å². The number of hydrogen-bond acceptors (Lipinski definition) is 3. The van der Waals surface area contributed by atoms with E-state index in [0.29, 0.717) is 4.34 Å². The number of thiophene rings is 1. The zero-order chi connectivity index (χ0) is 15.4. The molecule has 0 aliphatic carbocycles. The quantitative estimate of drug-likeness (QED) is 0.796. The molecule has 0 aliphatic heterocycles. The molecule has 21 heavy (non-hydrogen) atoms. The number of urea groups is 1. The van der Waals surface area contributed by atoms with Gasteiger partial charge in [0, 0.05) is 4.88 Å². The molecule has 1 aromatic heterocycles. The number of nitrogens with one attached hydrogen (secondary N) is 2. The average Bonchev–Trinajstić information content (AvgIpc) is 2.85. The van der Waals surface area contributed by atoms with Crippen molar-refractivity contribution < 1.29 is 14.7 Å². The molecule has 0 fully saturated rings. The van der Waals surface area contributed by atoms with E-state index in [1.54, 1.807) is 18.2 Å². The summed E-state index contributed by atoms with van der Waals surface area (Å²) in [6, 6.07) is 9.13. The second-order valence-corrected chi connectivity index (χ2v) is 6.06. The van der Waals surface area contributed by atoms with Crippen molar-refractivity contribution in [2.24, 2.45) is 0 Å². The van der Waals surface area contributed by atoms with Gasteiger partial charge < -0.3 is 15.7 Å². The van der Waals surface area contributed by atoms with E-state index in [-0.39, 0.29) is 17.3 Å². The first kappa shape index (κ1) is 15.3. The molecule has 0 saturated heterocycles. The van der Waals surface area contributed by atoms with E-state index >= 15 is 0 Å². The van der Waals surface area contributed by atoms with E-state index in [1.165, 1.54) is 23.5 Å². The summed E-state index contributed by atoms with van der Waals surface area (Å²) in [7, 11) is 0. The molecule has 2 amide bonds. The second-order valence-electron chi connectivity index (χ2n) is 4.31. The Labute approximate surface area is 130 Å². The Hall–Kier alpha value is -2.05. The van der Waals surface area contributed by atoms with Crippen LogP contribution >= 0.6 is 22.9 Å². The number of halogens is 1. The maximum atomic E-state index is 11.9. The van der Waals surface area contributed by atoms with Gasteiger partial charge in [0.05, 0.1) is 21.6 Å². The minimum absolute atomic E-state index is 0.0412. The van der Waals surface area contributed by atoms with Crippen molar-refractivity contribution in [1.82, 2.24) is 5.32 Å². The summed E-state index contributed by atoms with van der Waals surface area (Å²) >= 11 is 7.23. The van der Waals surface area contributed by atoms with E-state index in [2.05, 4.69) is 10.6 Å². The fourth-order valence-corrected chi connectivity index (χ4v) is 2.83. The number of para-hydroxylation sites is 1. The van der Waals surface area contributed by atoms with Crippen LogP contribution in [0.25, 0.3) is 0 Å². The van der Waals surface area contributed by atoms with Gasteiger partial charge in [-0.3, -0.25) is 0 Å². The van der Waals surface area contributed by atoms with Gasteiger partial charge in [0.2, 0.25) is 0 Å². The van der Waals surface area contributed by atoms with Crippen LogP contribution in [0.5, 0.6) is 0 Å². The molecule has 0 radical (unpaired) electrons. The molecule has 0 aliphatic rings. The maximum Gasteiger partial charge on any atom is 0.337 e. The molecule has 0 saturated carbocycles. The third kappa shape index (κ3) is 3.96.